The van der Waals surface area contributed by atoms with Crippen LogP contribution in [0.4, 0.5) is 0 Å². The second-order valence-corrected chi connectivity index (χ2v) is 6.08. The molecule has 0 aliphatic carbocycles. The van der Waals surface area contributed by atoms with Gasteiger partial charge in [0.2, 0.25) is 0 Å². The van der Waals surface area contributed by atoms with Gasteiger partial charge in [0.25, 0.3) is 0 Å². The Morgan fingerprint density at radius 3 is 2.61 bits per heavy atom. The third-order valence-corrected chi connectivity index (χ3v) is 4.06. The minimum absolute atomic E-state index is 0.379. The summed E-state index contributed by atoms with van der Waals surface area (Å²) in [7, 11) is 0. The molecular weight excluding hydrogens is 356 g/mol. The summed E-state index contributed by atoms with van der Waals surface area (Å²) in [6.45, 7) is 5.10. The van der Waals surface area contributed by atoms with Gasteiger partial charge in [0.15, 0.2) is 6.29 Å². The van der Waals surface area contributed by atoms with Crippen LogP contribution >= 0.6 is 15.9 Å². The summed E-state index contributed by atoms with van der Waals surface area (Å²) in [6.07, 6.45) is 3.26. The number of halogens is 1. The first-order valence-electron chi connectivity index (χ1n) is 7.68. The highest BCUT2D eigenvalue weighted by Crippen LogP contribution is 2.28. The van der Waals surface area contributed by atoms with Crippen LogP contribution in [-0.4, -0.2) is 23.2 Å². The average molecular weight is 375 g/mol. The Bertz CT molecular complexity index is 795. The minimum Gasteiger partial charge on any atom is -0.354 e. The molecule has 4 nitrogen and oxygen atoms in total. The molecule has 5 heteroatoms. The van der Waals surface area contributed by atoms with Crippen LogP contribution in [0.15, 0.2) is 47.2 Å². The third-order valence-electron chi connectivity index (χ3n) is 3.56. The lowest BCUT2D eigenvalue weighted by atomic mass is 10.1. The van der Waals surface area contributed by atoms with Crippen molar-refractivity contribution in [3.05, 3.63) is 52.8 Å². The van der Waals surface area contributed by atoms with E-state index in [0.29, 0.717) is 13.2 Å². The molecular formula is C18H19BrN2O2. The van der Waals surface area contributed by atoms with Crippen LogP contribution in [0.5, 0.6) is 0 Å². The van der Waals surface area contributed by atoms with Crippen LogP contribution in [-0.2, 0) is 9.47 Å². The van der Waals surface area contributed by atoms with E-state index < -0.39 is 0 Å². The zero-order valence-electron chi connectivity index (χ0n) is 13.2. The van der Waals surface area contributed by atoms with Crippen LogP contribution in [0.1, 0.15) is 25.7 Å². The molecule has 0 aliphatic heterocycles. The maximum atomic E-state index is 5.66. The lowest BCUT2D eigenvalue weighted by Gasteiger charge is -2.17. The van der Waals surface area contributed by atoms with Gasteiger partial charge < -0.3 is 14.5 Å². The number of rotatable bonds is 6. The highest BCUT2D eigenvalue weighted by Gasteiger charge is 2.13. The molecule has 0 saturated heterocycles. The van der Waals surface area contributed by atoms with Crippen molar-refractivity contribution < 1.29 is 9.47 Å². The summed E-state index contributed by atoms with van der Waals surface area (Å²) >= 11 is 3.50. The number of ether oxygens (including phenoxy) is 2. The molecule has 0 aliphatic rings. The first-order valence-corrected chi connectivity index (χ1v) is 8.47. The predicted octanol–water partition coefficient (Wildman–Crippen LogP) is 5.06. The third kappa shape index (κ3) is 3.63. The van der Waals surface area contributed by atoms with Crippen LogP contribution in [0.2, 0.25) is 0 Å². The number of nitrogens with one attached hydrogen (secondary N) is 1. The standard InChI is InChI=1S/C18H19BrN2O2/c1-3-22-18(23-4-2)14-7-13(10-20-11-14)16-8-12-5-6-15(19)9-17(12)21-16/h5-11,18,21H,3-4H2,1-2H3. The van der Waals surface area contributed by atoms with Crippen molar-refractivity contribution in [2.75, 3.05) is 13.2 Å². The van der Waals surface area contributed by atoms with Gasteiger partial charge in [-0.3, -0.25) is 4.98 Å². The molecule has 3 rings (SSSR count). The zero-order valence-corrected chi connectivity index (χ0v) is 14.8. The normalized spacial score (nSPS) is 11.5. The second-order valence-electron chi connectivity index (χ2n) is 5.16. The van der Waals surface area contributed by atoms with Crippen LogP contribution in [0.25, 0.3) is 22.2 Å². The first-order chi connectivity index (χ1) is 11.2. The molecule has 0 atom stereocenters. The smallest absolute Gasteiger partial charge is 0.185 e. The number of nitrogens with zero attached hydrogens (tertiary/aromatic N) is 1. The highest BCUT2D eigenvalue weighted by molar-refractivity contribution is 9.10. The summed E-state index contributed by atoms with van der Waals surface area (Å²) in [4.78, 5) is 7.78. The van der Waals surface area contributed by atoms with Crippen molar-refractivity contribution in [2.24, 2.45) is 0 Å². The molecule has 0 saturated carbocycles. The minimum atomic E-state index is -0.379. The Hall–Kier alpha value is -1.69. The number of fused-ring (bicyclic) bond motifs is 1. The van der Waals surface area contributed by atoms with Gasteiger partial charge in [-0.2, -0.15) is 0 Å². The van der Waals surface area contributed by atoms with E-state index in [1.807, 2.05) is 26.1 Å². The number of pyridine rings is 1. The molecule has 23 heavy (non-hydrogen) atoms. The quantitative estimate of drug-likeness (QED) is 0.613. The van der Waals surface area contributed by atoms with Crippen molar-refractivity contribution >= 4 is 26.8 Å². The van der Waals surface area contributed by atoms with Crippen LogP contribution < -0.4 is 0 Å². The van der Waals surface area contributed by atoms with Gasteiger partial charge in [0, 0.05) is 57.8 Å². The molecule has 1 aromatic carbocycles. The maximum Gasteiger partial charge on any atom is 0.185 e. The Kier molecular flexibility index (Phi) is 5.10. The Morgan fingerprint density at radius 2 is 1.87 bits per heavy atom. The predicted molar refractivity (Wildman–Crippen MR) is 95.2 cm³/mol. The molecule has 0 radical (unpaired) electrons. The van der Waals surface area contributed by atoms with Crippen LogP contribution in [0.3, 0.4) is 0 Å². The maximum absolute atomic E-state index is 5.66. The number of aromatic nitrogens is 2. The molecule has 0 bridgehead atoms. The van der Waals surface area contributed by atoms with Gasteiger partial charge >= 0.3 is 0 Å². The van der Waals surface area contributed by atoms with E-state index in [1.165, 1.54) is 5.39 Å². The monoisotopic (exact) mass is 374 g/mol. The summed E-state index contributed by atoms with van der Waals surface area (Å²) < 4.78 is 12.4. The largest absolute Gasteiger partial charge is 0.354 e. The van der Waals surface area contributed by atoms with Gasteiger partial charge in [0.1, 0.15) is 0 Å². The van der Waals surface area contributed by atoms with Crippen molar-refractivity contribution in [1.29, 1.82) is 0 Å². The number of hydrogen-bond acceptors (Lipinski definition) is 3. The molecule has 2 heterocycles. The van der Waals surface area contributed by atoms with Gasteiger partial charge in [-0.05, 0) is 38.1 Å². The number of H-pyrrole nitrogens is 1. The van der Waals surface area contributed by atoms with Crippen molar-refractivity contribution in [3.8, 4) is 11.3 Å². The lowest BCUT2D eigenvalue weighted by Crippen LogP contribution is -2.09. The van der Waals surface area contributed by atoms with E-state index in [2.05, 4.69) is 50.2 Å². The zero-order chi connectivity index (χ0) is 16.2. The highest BCUT2D eigenvalue weighted by atomic mass is 79.9. The average Bonchev–Trinajstić information content (AvgIpc) is 2.98. The van der Waals surface area contributed by atoms with E-state index in [1.54, 1.807) is 6.20 Å². The number of hydrogen-bond donors (Lipinski definition) is 1. The summed E-state index contributed by atoms with van der Waals surface area (Å²) in [5.41, 5.74) is 4.05. The summed E-state index contributed by atoms with van der Waals surface area (Å²) in [5, 5.41) is 1.17. The van der Waals surface area contributed by atoms with E-state index in [-0.39, 0.29) is 6.29 Å². The SMILES string of the molecule is CCOC(OCC)c1cncc(-c2cc3ccc(Br)cc3[nH]2)c1. The van der Waals surface area contributed by atoms with E-state index in [0.717, 1.165) is 26.8 Å². The molecule has 0 spiro atoms. The Labute approximate surface area is 144 Å². The lowest BCUT2D eigenvalue weighted by molar-refractivity contribution is -0.140. The van der Waals surface area contributed by atoms with Gasteiger partial charge in [-0.25, -0.2) is 0 Å². The fourth-order valence-corrected chi connectivity index (χ4v) is 2.89. The van der Waals surface area contributed by atoms with Crippen LogP contribution in [0, 0.1) is 0 Å². The fourth-order valence-electron chi connectivity index (χ4n) is 2.53. The fraction of sp³-hybridized carbons (Fsp3) is 0.278. The molecule has 0 amide bonds. The van der Waals surface area contributed by atoms with Crippen molar-refractivity contribution in [2.45, 2.75) is 20.1 Å². The Balaban J connectivity index is 1.96. The second kappa shape index (κ2) is 7.25. The number of benzene rings is 1. The summed E-state index contributed by atoms with van der Waals surface area (Å²) in [6, 6.07) is 10.4. The molecule has 2 aromatic heterocycles. The van der Waals surface area contributed by atoms with E-state index >= 15 is 0 Å². The first kappa shape index (κ1) is 16.2. The van der Waals surface area contributed by atoms with Crippen molar-refractivity contribution in [1.82, 2.24) is 9.97 Å². The molecule has 0 fully saturated rings. The Morgan fingerprint density at radius 1 is 1.09 bits per heavy atom. The molecule has 0 unspecified atom stereocenters. The van der Waals surface area contributed by atoms with Gasteiger partial charge in [-0.15, -0.1) is 0 Å². The topological polar surface area (TPSA) is 47.1 Å². The van der Waals surface area contributed by atoms with E-state index in [9.17, 15) is 0 Å². The molecule has 120 valence electrons. The molecule has 3 aromatic rings. The van der Waals surface area contributed by atoms with E-state index in [4.69, 9.17) is 9.47 Å². The summed E-state index contributed by atoms with van der Waals surface area (Å²) in [5.74, 6) is 0. The van der Waals surface area contributed by atoms with Crippen molar-refractivity contribution in [3.63, 3.8) is 0 Å². The van der Waals surface area contributed by atoms with Gasteiger partial charge in [0.05, 0.1) is 0 Å². The van der Waals surface area contributed by atoms with Gasteiger partial charge in [-0.1, -0.05) is 22.0 Å². The molecule has 1 N–H and O–H groups in total. The number of aromatic amines is 1.